The summed E-state index contributed by atoms with van der Waals surface area (Å²) in [5.74, 6) is 0. The molecule has 0 fully saturated rings. The lowest BCUT2D eigenvalue weighted by molar-refractivity contribution is 0.365. The van der Waals surface area contributed by atoms with Crippen LogP contribution >= 0.6 is 0 Å². The Morgan fingerprint density at radius 3 is 2.86 bits per heavy atom. The molecule has 0 radical (unpaired) electrons. The number of hydrogen-bond acceptors (Lipinski definition) is 4. The molecule has 0 amide bonds. The molecule has 14 heavy (non-hydrogen) atoms. The van der Waals surface area contributed by atoms with Crippen molar-refractivity contribution in [3.05, 3.63) is 12.3 Å². The fourth-order valence-electron chi connectivity index (χ4n) is 1.00. The molecule has 0 atom stereocenters. The normalized spacial score (nSPS) is 11.1. The van der Waals surface area contributed by atoms with Gasteiger partial charge in [-0.25, -0.2) is 0 Å². The molecule has 2 N–H and O–H groups in total. The van der Waals surface area contributed by atoms with Gasteiger partial charge in [-0.1, -0.05) is 13.0 Å². The van der Waals surface area contributed by atoms with Gasteiger partial charge in [0.1, 0.15) is 0 Å². The van der Waals surface area contributed by atoms with E-state index in [1.165, 1.54) is 6.42 Å². The second kappa shape index (κ2) is 10.2. The van der Waals surface area contributed by atoms with Gasteiger partial charge in [0.2, 0.25) is 0 Å². The molecule has 0 aliphatic carbocycles. The van der Waals surface area contributed by atoms with Gasteiger partial charge in [0, 0.05) is 32.6 Å². The predicted octanol–water partition coefficient (Wildman–Crippen LogP) is 0.637. The zero-order valence-corrected chi connectivity index (χ0v) is 9.29. The van der Waals surface area contributed by atoms with E-state index in [-0.39, 0.29) is 0 Å². The zero-order chi connectivity index (χ0) is 10.6. The Labute approximate surface area is 87.1 Å². The van der Waals surface area contributed by atoms with Crippen LogP contribution in [0.25, 0.3) is 0 Å². The molecule has 0 saturated carbocycles. The Kier molecular flexibility index (Phi) is 9.58. The van der Waals surface area contributed by atoms with Crippen molar-refractivity contribution in [2.75, 3.05) is 33.2 Å². The third-order valence-electron chi connectivity index (χ3n) is 1.80. The van der Waals surface area contributed by atoms with Crippen molar-refractivity contribution in [1.29, 1.82) is 0 Å². The van der Waals surface area contributed by atoms with Crippen LogP contribution in [0.5, 0.6) is 0 Å². The minimum absolute atomic E-state index is 0.927. The average molecular weight is 198 g/mol. The van der Waals surface area contributed by atoms with E-state index in [0.29, 0.717) is 0 Å². The standard InChI is InChI=1S/C10H22N4/c1-4-6-12-8-10-14(3)9-5-7-13-11-2/h5,7,12-13H,2,4,6,8-10H2,1,3H3/b7-5+. The number of rotatable bonds is 9. The SMILES string of the molecule is C=NN/C=C/CN(C)CCNCCC. The van der Waals surface area contributed by atoms with Crippen molar-refractivity contribution in [2.45, 2.75) is 13.3 Å². The van der Waals surface area contributed by atoms with Crippen LogP contribution in [0, 0.1) is 0 Å². The molecule has 0 aromatic heterocycles. The highest BCUT2D eigenvalue weighted by atomic mass is 15.3. The fourth-order valence-corrected chi connectivity index (χ4v) is 1.00. The average Bonchev–Trinajstić information content (AvgIpc) is 2.19. The van der Waals surface area contributed by atoms with Crippen molar-refractivity contribution >= 4 is 6.72 Å². The van der Waals surface area contributed by atoms with Gasteiger partial charge in [-0.2, -0.15) is 5.10 Å². The van der Waals surface area contributed by atoms with Crippen LogP contribution in [-0.2, 0) is 0 Å². The van der Waals surface area contributed by atoms with Gasteiger partial charge in [-0.3, -0.25) is 5.43 Å². The second-order valence-electron chi connectivity index (χ2n) is 3.20. The van der Waals surface area contributed by atoms with Crippen LogP contribution in [-0.4, -0.2) is 44.8 Å². The third-order valence-corrected chi connectivity index (χ3v) is 1.80. The summed E-state index contributed by atoms with van der Waals surface area (Å²) in [6, 6.07) is 0. The van der Waals surface area contributed by atoms with Crippen LogP contribution < -0.4 is 10.7 Å². The maximum Gasteiger partial charge on any atom is 0.0178 e. The first-order chi connectivity index (χ1) is 6.81. The predicted molar refractivity (Wildman–Crippen MR) is 62.5 cm³/mol. The molecular formula is C10H22N4. The van der Waals surface area contributed by atoms with E-state index in [2.05, 4.69) is 41.4 Å². The van der Waals surface area contributed by atoms with Crippen LogP contribution in [0.2, 0.25) is 0 Å². The molecule has 0 unspecified atom stereocenters. The molecule has 0 aromatic carbocycles. The van der Waals surface area contributed by atoms with Gasteiger partial charge < -0.3 is 10.2 Å². The molecule has 4 heteroatoms. The van der Waals surface area contributed by atoms with Crippen molar-refractivity contribution in [2.24, 2.45) is 5.10 Å². The van der Waals surface area contributed by atoms with Gasteiger partial charge in [0.15, 0.2) is 0 Å². The summed E-state index contributed by atoms with van der Waals surface area (Å²) in [6.07, 6.45) is 5.01. The molecule has 0 saturated heterocycles. The number of nitrogens with one attached hydrogen (secondary N) is 2. The molecule has 4 nitrogen and oxygen atoms in total. The van der Waals surface area contributed by atoms with E-state index in [1.54, 1.807) is 6.20 Å². The minimum Gasteiger partial charge on any atom is -0.315 e. The van der Waals surface area contributed by atoms with Gasteiger partial charge >= 0.3 is 0 Å². The van der Waals surface area contributed by atoms with Crippen LogP contribution in [0.15, 0.2) is 17.4 Å². The van der Waals surface area contributed by atoms with Gasteiger partial charge in [-0.15, -0.1) is 0 Å². The molecule has 0 aliphatic rings. The number of hydrogen-bond donors (Lipinski definition) is 2. The lowest BCUT2D eigenvalue weighted by Crippen LogP contribution is -2.29. The summed E-state index contributed by atoms with van der Waals surface area (Å²) >= 11 is 0. The molecule has 0 heterocycles. The monoisotopic (exact) mass is 198 g/mol. The van der Waals surface area contributed by atoms with E-state index in [4.69, 9.17) is 0 Å². The van der Waals surface area contributed by atoms with Crippen molar-refractivity contribution in [3.8, 4) is 0 Å². The molecule has 0 rings (SSSR count). The summed E-state index contributed by atoms with van der Waals surface area (Å²) in [4.78, 5) is 2.24. The van der Waals surface area contributed by atoms with Gasteiger partial charge in [-0.05, 0) is 20.0 Å². The topological polar surface area (TPSA) is 39.7 Å². The van der Waals surface area contributed by atoms with Crippen molar-refractivity contribution in [1.82, 2.24) is 15.6 Å². The number of likely N-dealkylation sites (N-methyl/N-ethyl adjacent to an activating group) is 1. The van der Waals surface area contributed by atoms with Crippen LogP contribution in [0.4, 0.5) is 0 Å². The van der Waals surface area contributed by atoms with E-state index >= 15 is 0 Å². The Bertz CT molecular complexity index is 156. The summed E-state index contributed by atoms with van der Waals surface area (Å²) < 4.78 is 0. The van der Waals surface area contributed by atoms with Gasteiger partial charge in [0.05, 0.1) is 0 Å². The summed E-state index contributed by atoms with van der Waals surface area (Å²) in [5, 5.41) is 6.86. The Morgan fingerprint density at radius 2 is 2.21 bits per heavy atom. The molecule has 0 aliphatic heterocycles. The third kappa shape index (κ3) is 9.22. The van der Waals surface area contributed by atoms with Crippen molar-refractivity contribution < 1.29 is 0 Å². The van der Waals surface area contributed by atoms with E-state index in [0.717, 1.165) is 26.2 Å². The van der Waals surface area contributed by atoms with Crippen LogP contribution in [0.1, 0.15) is 13.3 Å². The Hall–Kier alpha value is -0.870. The Morgan fingerprint density at radius 1 is 1.43 bits per heavy atom. The fraction of sp³-hybridized carbons (Fsp3) is 0.700. The number of nitrogens with zero attached hydrogens (tertiary/aromatic N) is 2. The molecule has 82 valence electrons. The molecule has 0 bridgehead atoms. The molecule has 0 spiro atoms. The maximum atomic E-state index is 3.50. The van der Waals surface area contributed by atoms with E-state index in [1.807, 2.05) is 6.08 Å². The van der Waals surface area contributed by atoms with Gasteiger partial charge in [0.25, 0.3) is 0 Å². The quantitative estimate of drug-likeness (QED) is 0.324. The lowest BCUT2D eigenvalue weighted by Gasteiger charge is -2.14. The summed E-state index contributed by atoms with van der Waals surface area (Å²) in [6.45, 7) is 9.62. The zero-order valence-electron chi connectivity index (χ0n) is 9.29. The van der Waals surface area contributed by atoms with Crippen molar-refractivity contribution in [3.63, 3.8) is 0 Å². The smallest absolute Gasteiger partial charge is 0.0178 e. The Balaban J connectivity index is 3.26. The highest BCUT2D eigenvalue weighted by Crippen LogP contribution is 1.82. The minimum atomic E-state index is 0.927. The molecule has 0 aromatic rings. The summed E-state index contributed by atoms with van der Waals surface area (Å²) in [5.41, 5.74) is 2.67. The van der Waals surface area contributed by atoms with E-state index in [9.17, 15) is 0 Å². The largest absolute Gasteiger partial charge is 0.315 e. The lowest BCUT2D eigenvalue weighted by atomic mass is 10.4. The first-order valence-corrected chi connectivity index (χ1v) is 5.06. The van der Waals surface area contributed by atoms with Crippen LogP contribution in [0.3, 0.4) is 0 Å². The first-order valence-electron chi connectivity index (χ1n) is 5.06. The molecular weight excluding hydrogens is 176 g/mol. The van der Waals surface area contributed by atoms with E-state index < -0.39 is 0 Å². The maximum absolute atomic E-state index is 3.50. The highest BCUT2D eigenvalue weighted by molar-refractivity contribution is 5.22. The first kappa shape index (κ1) is 13.1. The summed E-state index contributed by atoms with van der Waals surface area (Å²) in [7, 11) is 2.10. The number of hydrazone groups is 1. The second-order valence-corrected chi connectivity index (χ2v) is 3.20. The highest BCUT2D eigenvalue weighted by Gasteiger charge is 1.93.